The van der Waals surface area contributed by atoms with Crippen molar-refractivity contribution in [3.05, 3.63) is 47.6 Å². The van der Waals surface area contributed by atoms with Crippen LogP contribution in [0.2, 0.25) is 0 Å². The lowest BCUT2D eigenvalue weighted by Crippen LogP contribution is -2.33. The summed E-state index contributed by atoms with van der Waals surface area (Å²) in [5.74, 6) is 0.754. The SMILES string of the molecule is CCCCN(CC1C=CC=CC1F)c1nnc(-c2cc(C)c(OC)c(C)c2)s1. The maximum absolute atomic E-state index is 14.3. The van der Waals surface area contributed by atoms with E-state index in [2.05, 4.69) is 34.2 Å². The van der Waals surface area contributed by atoms with Crippen LogP contribution in [0.5, 0.6) is 5.75 Å². The Bertz CT molecular complexity index is 838. The van der Waals surface area contributed by atoms with Gasteiger partial charge in [-0.15, -0.1) is 10.2 Å². The lowest BCUT2D eigenvalue weighted by atomic mass is 9.98. The Morgan fingerprint density at radius 2 is 1.86 bits per heavy atom. The molecular formula is C22H28FN3OS. The molecule has 150 valence electrons. The second-order valence-corrected chi connectivity index (χ2v) is 8.17. The normalized spacial score (nSPS) is 18.5. The minimum atomic E-state index is -0.951. The maximum Gasteiger partial charge on any atom is 0.208 e. The number of anilines is 1. The number of aryl methyl sites for hydroxylation is 2. The molecule has 2 atom stereocenters. The van der Waals surface area contributed by atoms with Crippen LogP contribution in [-0.2, 0) is 0 Å². The van der Waals surface area contributed by atoms with Gasteiger partial charge >= 0.3 is 0 Å². The summed E-state index contributed by atoms with van der Waals surface area (Å²) in [5.41, 5.74) is 3.20. The Balaban J connectivity index is 1.84. The van der Waals surface area contributed by atoms with Crippen molar-refractivity contribution in [2.75, 3.05) is 25.1 Å². The van der Waals surface area contributed by atoms with Gasteiger partial charge in [0.25, 0.3) is 0 Å². The molecule has 1 aromatic heterocycles. The number of methoxy groups -OCH3 is 1. The number of allylic oxidation sites excluding steroid dienone is 3. The summed E-state index contributed by atoms with van der Waals surface area (Å²) in [4.78, 5) is 2.18. The molecule has 0 N–H and O–H groups in total. The van der Waals surface area contributed by atoms with Crippen LogP contribution in [0.4, 0.5) is 9.52 Å². The van der Waals surface area contributed by atoms with Gasteiger partial charge in [-0.1, -0.05) is 49.0 Å². The molecule has 3 rings (SSSR count). The highest BCUT2D eigenvalue weighted by molar-refractivity contribution is 7.18. The first-order chi connectivity index (χ1) is 13.5. The fourth-order valence-electron chi connectivity index (χ4n) is 3.51. The van der Waals surface area contributed by atoms with Crippen LogP contribution < -0.4 is 9.64 Å². The number of alkyl halides is 1. The number of aromatic nitrogens is 2. The van der Waals surface area contributed by atoms with Crippen LogP contribution in [0.3, 0.4) is 0 Å². The van der Waals surface area contributed by atoms with Crippen molar-refractivity contribution < 1.29 is 9.13 Å². The van der Waals surface area contributed by atoms with E-state index in [9.17, 15) is 4.39 Å². The third kappa shape index (κ3) is 4.61. The van der Waals surface area contributed by atoms with E-state index in [1.807, 2.05) is 26.0 Å². The first-order valence-electron chi connectivity index (χ1n) is 9.76. The molecule has 1 heterocycles. The zero-order valence-corrected chi connectivity index (χ0v) is 17.8. The van der Waals surface area contributed by atoms with E-state index < -0.39 is 6.17 Å². The van der Waals surface area contributed by atoms with Crippen LogP contribution in [0.25, 0.3) is 10.6 Å². The lowest BCUT2D eigenvalue weighted by Gasteiger charge is -2.27. The molecule has 0 bridgehead atoms. The Labute approximate surface area is 170 Å². The molecule has 1 aliphatic carbocycles. The van der Waals surface area contributed by atoms with Crippen molar-refractivity contribution in [1.29, 1.82) is 0 Å². The molecule has 2 unspecified atom stereocenters. The van der Waals surface area contributed by atoms with Crippen molar-refractivity contribution in [2.24, 2.45) is 5.92 Å². The van der Waals surface area contributed by atoms with Crippen LogP contribution in [0.1, 0.15) is 30.9 Å². The summed E-state index contributed by atoms with van der Waals surface area (Å²) in [6.07, 6.45) is 8.44. The van der Waals surface area contributed by atoms with Crippen molar-refractivity contribution in [1.82, 2.24) is 10.2 Å². The molecule has 0 aliphatic heterocycles. The number of ether oxygens (including phenoxy) is 1. The number of nitrogens with zero attached hydrogens (tertiary/aromatic N) is 3. The van der Waals surface area contributed by atoms with Gasteiger partial charge in [0.05, 0.1) is 7.11 Å². The Morgan fingerprint density at radius 1 is 1.14 bits per heavy atom. The van der Waals surface area contributed by atoms with E-state index in [-0.39, 0.29) is 5.92 Å². The monoisotopic (exact) mass is 401 g/mol. The third-order valence-corrected chi connectivity index (χ3v) is 6.02. The highest BCUT2D eigenvalue weighted by atomic mass is 32.1. The molecule has 0 saturated heterocycles. The van der Waals surface area contributed by atoms with E-state index >= 15 is 0 Å². The number of rotatable bonds is 8. The lowest BCUT2D eigenvalue weighted by molar-refractivity contribution is 0.318. The summed E-state index contributed by atoms with van der Waals surface area (Å²) < 4.78 is 19.7. The second kappa shape index (κ2) is 9.32. The van der Waals surface area contributed by atoms with Crippen molar-refractivity contribution in [2.45, 2.75) is 39.8 Å². The number of unbranched alkanes of at least 4 members (excludes halogenated alkanes) is 1. The second-order valence-electron chi connectivity index (χ2n) is 7.21. The largest absolute Gasteiger partial charge is 0.496 e. The van der Waals surface area contributed by atoms with Gasteiger partial charge in [0, 0.05) is 24.6 Å². The standard InChI is InChI=1S/C22H28FN3OS/c1-5-6-11-26(14-17-9-7-8-10-19(17)23)22-25-24-21(28-22)18-12-15(2)20(27-4)16(3)13-18/h7-10,12-13,17,19H,5-6,11,14H2,1-4H3. The summed E-state index contributed by atoms with van der Waals surface area (Å²) >= 11 is 1.56. The van der Waals surface area contributed by atoms with Crippen molar-refractivity contribution in [3.63, 3.8) is 0 Å². The molecule has 2 aromatic rings. The minimum Gasteiger partial charge on any atom is -0.496 e. The van der Waals surface area contributed by atoms with Crippen LogP contribution >= 0.6 is 11.3 Å². The number of benzene rings is 1. The highest BCUT2D eigenvalue weighted by Gasteiger charge is 2.23. The zero-order valence-electron chi connectivity index (χ0n) is 17.0. The average molecular weight is 402 g/mol. The fourth-order valence-corrected chi connectivity index (χ4v) is 4.38. The highest BCUT2D eigenvalue weighted by Crippen LogP contribution is 2.34. The summed E-state index contributed by atoms with van der Waals surface area (Å²) in [7, 11) is 1.69. The molecule has 0 fully saturated rings. The Kier molecular flexibility index (Phi) is 6.83. The molecule has 0 amide bonds. The van der Waals surface area contributed by atoms with Gasteiger partial charge in [-0.05, 0) is 43.5 Å². The molecular weight excluding hydrogens is 373 g/mol. The van der Waals surface area contributed by atoms with Crippen molar-refractivity contribution in [3.8, 4) is 16.3 Å². The number of hydrogen-bond acceptors (Lipinski definition) is 5. The molecule has 28 heavy (non-hydrogen) atoms. The first-order valence-corrected chi connectivity index (χ1v) is 10.6. The van der Waals surface area contributed by atoms with Gasteiger partial charge in [0.1, 0.15) is 16.9 Å². The first kappa shape index (κ1) is 20.5. The fraction of sp³-hybridized carbons (Fsp3) is 0.455. The molecule has 6 heteroatoms. The van der Waals surface area contributed by atoms with E-state index in [4.69, 9.17) is 4.74 Å². The van der Waals surface area contributed by atoms with Gasteiger partial charge in [0.2, 0.25) is 5.13 Å². The molecule has 0 radical (unpaired) electrons. The van der Waals surface area contributed by atoms with E-state index in [0.29, 0.717) is 6.54 Å². The smallest absolute Gasteiger partial charge is 0.208 e. The predicted molar refractivity (Wildman–Crippen MR) is 115 cm³/mol. The van der Waals surface area contributed by atoms with Gasteiger partial charge in [0.15, 0.2) is 0 Å². The van der Waals surface area contributed by atoms with Gasteiger partial charge in [-0.3, -0.25) is 0 Å². The molecule has 1 aromatic carbocycles. The van der Waals surface area contributed by atoms with Gasteiger partial charge in [-0.25, -0.2) is 4.39 Å². The quantitative estimate of drug-likeness (QED) is 0.584. The molecule has 1 aliphatic rings. The van der Waals surface area contributed by atoms with E-state index in [1.165, 1.54) is 0 Å². The minimum absolute atomic E-state index is 0.153. The zero-order chi connectivity index (χ0) is 20.1. The number of halogens is 1. The Morgan fingerprint density at radius 3 is 2.50 bits per heavy atom. The maximum atomic E-state index is 14.3. The molecule has 0 saturated carbocycles. The summed E-state index contributed by atoms with van der Waals surface area (Å²) in [6.45, 7) is 7.70. The summed E-state index contributed by atoms with van der Waals surface area (Å²) in [6, 6.07) is 4.16. The number of hydrogen-bond donors (Lipinski definition) is 0. The average Bonchev–Trinajstić information content (AvgIpc) is 3.16. The van der Waals surface area contributed by atoms with Crippen LogP contribution in [0.15, 0.2) is 36.4 Å². The van der Waals surface area contributed by atoms with E-state index in [1.54, 1.807) is 30.6 Å². The van der Waals surface area contributed by atoms with Gasteiger partial charge < -0.3 is 9.64 Å². The predicted octanol–water partition coefficient (Wildman–Crippen LogP) is 5.52. The van der Waals surface area contributed by atoms with E-state index in [0.717, 1.165) is 52.0 Å². The topological polar surface area (TPSA) is 38.2 Å². The summed E-state index contributed by atoms with van der Waals surface area (Å²) in [5, 5.41) is 10.6. The third-order valence-electron chi connectivity index (χ3n) is 4.98. The van der Waals surface area contributed by atoms with Gasteiger partial charge in [-0.2, -0.15) is 0 Å². The Hall–Kier alpha value is -2.21. The molecule has 4 nitrogen and oxygen atoms in total. The van der Waals surface area contributed by atoms with Crippen molar-refractivity contribution >= 4 is 16.5 Å². The van der Waals surface area contributed by atoms with Crippen LogP contribution in [-0.4, -0.2) is 36.6 Å². The van der Waals surface area contributed by atoms with Crippen LogP contribution in [0, 0.1) is 19.8 Å². The molecule has 0 spiro atoms.